The maximum Gasteiger partial charge on any atom is 0.508 e. The van der Waals surface area contributed by atoms with Crippen molar-refractivity contribution >= 4 is 38.1 Å². The molecule has 0 saturated heterocycles. The fourth-order valence-electron chi connectivity index (χ4n) is 1.37. The minimum absolute atomic E-state index is 0.420. The molecule has 0 aliphatic heterocycles. The summed E-state index contributed by atoms with van der Waals surface area (Å²) in [6, 6.07) is 0. The highest BCUT2D eigenvalue weighted by molar-refractivity contribution is 7.91. The summed E-state index contributed by atoms with van der Waals surface area (Å²) < 4.78 is 72.6. The summed E-state index contributed by atoms with van der Waals surface area (Å²) in [5, 5.41) is 0. The lowest BCUT2D eigenvalue weighted by Crippen LogP contribution is -2.24. The first kappa shape index (κ1) is 25.7. The van der Waals surface area contributed by atoms with Gasteiger partial charge in [0.15, 0.2) is 19.7 Å². The molecule has 0 aliphatic carbocycles. The number of rotatable bonds is 12. The molecular weight excluding hydrogens is 428 g/mol. The Kier molecular flexibility index (Phi) is 11.9. The maximum absolute atomic E-state index is 11.6. The molecule has 0 aliphatic rings. The predicted octanol–water partition coefficient (Wildman–Crippen LogP) is -0.465. The van der Waals surface area contributed by atoms with Crippen molar-refractivity contribution in [1.82, 2.24) is 0 Å². The number of hydrogen-bond donors (Lipinski definition) is 0. The number of carbonyl (C=O) groups excluding carboxylic acids is 3. The van der Waals surface area contributed by atoms with E-state index in [-0.39, 0.29) is 0 Å². The zero-order valence-corrected chi connectivity index (χ0v) is 16.9. The molecule has 0 amide bonds. The van der Waals surface area contributed by atoms with Gasteiger partial charge >= 0.3 is 18.5 Å². The van der Waals surface area contributed by atoms with E-state index >= 15 is 0 Å². The fraction of sp³-hybridized carbons (Fsp3) is 0.769. The Labute approximate surface area is 162 Å². The molecule has 0 N–H and O–H groups in total. The third-order valence-electron chi connectivity index (χ3n) is 2.79. The lowest BCUT2D eigenvalue weighted by Gasteiger charge is -2.08. The van der Waals surface area contributed by atoms with Crippen molar-refractivity contribution in [3.8, 4) is 0 Å². The van der Waals surface area contributed by atoms with Gasteiger partial charge in [-0.3, -0.25) is 0 Å². The number of ether oxygens (including phenoxy) is 6. The molecule has 0 aromatic heterocycles. The van der Waals surface area contributed by atoms with Gasteiger partial charge in [-0.15, -0.1) is 0 Å². The van der Waals surface area contributed by atoms with Crippen molar-refractivity contribution in [2.45, 2.75) is 0 Å². The lowest BCUT2D eigenvalue weighted by molar-refractivity contribution is 0.0640. The highest BCUT2D eigenvalue weighted by Crippen LogP contribution is 1.97. The third kappa shape index (κ3) is 13.9. The SMILES string of the molecule is COC(=O)OCCS(=O)(=O)CCOC(=O)OCCS(=O)(=O)CCOC(=O)OC. The minimum atomic E-state index is -3.66. The third-order valence-corrected chi connectivity index (χ3v) is 5.95. The predicted molar refractivity (Wildman–Crippen MR) is 91.3 cm³/mol. The van der Waals surface area contributed by atoms with Gasteiger partial charge in [0, 0.05) is 0 Å². The van der Waals surface area contributed by atoms with Crippen LogP contribution in [-0.4, -0.2) is 99.0 Å². The molecule has 0 saturated carbocycles. The van der Waals surface area contributed by atoms with Crippen molar-refractivity contribution in [3.63, 3.8) is 0 Å². The molecular formula is C13H22O13S2. The van der Waals surface area contributed by atoms with Gasteiger partial charge in [-0.25, -0.2) is 31.2 Å². The van der Waals surface area contributed by atoms with Gasteiger partial charge in [-0.1, -0.05) is 0 Å². The summed E-state index contributed by atoms with van der Waals surface area (Å²) in [5.74, 6) is -2.08. The Hall–Kier alpha value is -2.29. The van der Waals surface area contributed by atoms with E-state index in [1.165, 1.54) is 0 Å². The van der Waals surface area contributed by atoms with E-state index in [4.69, 9.17) is 0 Å². The Morgan fingerprint density at radius 2 is 0.786 bits per heavy atom. The molecule has 0 heterocycles. The first-order chi connectivity index (χ1) is 13.0. The molecule has 13 nitrogen and oxygen atoms in total. The number of carbonyl (C=O) groups is 3. The van der Waals surface area contributed by atoms with E-state index in [1.54, 1.807) is 0 Å². The number of methoxy groups -OCH3 is 2. The zero-order chi connectivity index (χ0) is 21.6. The molecule has 0 radical (unpaired) electrons. The van der Waals surface area contributed by atoms with Crippen LogP contribution in [0, 0.1) is 0 Å². The Morgan fingerprint density at radius 1 is 0.536 bits per heavy atom. The molecule has 0 unspecified atom stereocenters. The largest absolute Gasteiger partial charge is 0.508 e. The summed E-state index contributed by atoms with van der Waals surface area (Å²) in [5.41, 5.74) is 0. The second-order valence-corrected chi connectivity index (χ2v) is 9.46. The van der Waals surface area contributed by atoms with Gasteiger partial charge in [0.05, 0.1) is 37.2 Å². The minimum Gasteiger partial charge on any atom is -0.438 e. The van der Waals surface area contributed by atoms with Crippen LogP contribution >= 0.6 is 0 Å². The second-order valence-electron chi connectivity index (χ2n) is 4.86. The van der Waals surface area contributed by atoms with Crippen LogP contribution in [-0.2, 0) is 48.1 Å². The topological polar surface area (TPSA) is 175 Å². The highest BCUT2D eigenvalue weighted by Gasteiger charge is 2.16. The molecule has 164 valence electrons. The number of hydrogen-bond acceptors (Lipinski definition) is 13. The molecule has 0 spiro atoms. The number of sulfone groups is 2. The fourth-order valence-corrected chi connectivity index (χ4v) is 3.13. The van der Waals surface area contributed by atoms with Gasteiger partial charge in [-0.2, -0.15) is 0 Å². The van der Waals surface area contributed by atoms with Crippen LogP contribution in [0.15, 0.2) is 0 Å². The Bertz CT molecular complexity index is 651. The zero-order valence-electron chi connectivity index (χ0n) is 15.3. The molecule has 0 aromatic rings. The van der Waals surface area contributed by atoms with Gasteiger partial charge in [0.25, 0.3) is 0 Å². The van der Waals surface area contributed by atoms with Crippen LogP contribution in [0.4, 0.5) is 14.4 Å². The summed E-state index contributed by atoms with van der Waals surface area (Å²) in [6.45, 7) is -1.90. The van der Waals surface area contributed by atoms with E-state index < -0.39 is 87.6 Å². The van der Waals surface area contributed by atoms with E-state index in [9.17, 15) is 31.2 Å². The second kappa shape index (κ2) is 13.0. The van der Waals surface area contributed by atoms with E-state index in [1.807, 2.05) is 0 Å². The van der Waals surface area contributed by atoms with Crippen LogP contribution in [0.1, 0.15) is 0 Å². The van der Waals surface area contributed by atoms with Crippen molar-refractivity contribution < 1.29 is 59.6 Å². The van der Waals surface area contributed by atoms with Crippen LogP contribution < -0.4 is 0 Å². The summed E-state index contributed by atoms with van der Waals surface area (Å²) >= 11 is 0. The summed E-state index contributed by atoms with van der Waals surface area (Å²) in [7, 11) is -5.18. The lowest BCUT2D eigenvalue weighted by atomic mass is 10.8. The van der Waals surface area contributed by atoms with Crippen LogP contribution in [0.3, 0.4) is 0 Å². The van der Waals surface area contributed by atoms with Crippen LogP contribution in [0.2, 0.25) is 0 Å². The first-order valence-corrected chi connectivity index (χ1v) is 11.3. The average molecular weight is 450 g/mol. The van der Waals surface area contributed by atoms with Crippen molar-refractivity contribution in [2.75, 3.05) is 63.7 Å². The van der Waals surface area contributed by atoms with Gasteiger partial charge < -0.3 is 28.4 Å². The summed E-state index contributed by atoms with van der Waals surface area (Å²) in [4.78, 5) is 32.7. The quantitative estimate of drug-likeness (QED) is 0.276. The molecule has 0 bridgehead atoms. The standard InChI is InChI=1S/C13H22O13S2/c1-21-11(14)23-3-7-27(17,18)9-5-25-13(16)26-6-10-28(19,20)8-4-24-12(15)22-2/h3-10H2,1-2H3. The summed E-state index contributed by atoms with van der Waals surface area (Å²) in [6.07, 6.45) is -3.30. The van der Waals surface area contributed by atoms with Gasteiger partial charge in [0.2, 0.25) is 0 Å². The van der Waals surface area contributed by atoms with E-state index in [2.05, 4.69) is 28.4 Å². The Morgan fingerprint density at radius 3 is 1.04 bits per heavy atom. The van der Waals surface area contributed by atoms with Crippen molar-refractivity contribution in [1.29, 1.82) is 0 Å². The van der Waals surface area contributed by atoms with Crippen molar-refractivity contribution in [3.05, 3.63) is 0 Å². The van der Waals surface area contributed by atoms with E-state index in [0.717, 1.165) is 14.2 Å². The molecule has 0 rings (SSSR count). The van der Waals surface area contributed by atoms with Crippen molar-refractivity contribution in [2.24, 2.45) is 0 Å². The van der Waals surface area contributed by atoms with Gasteiger partial charge in [-0.05, 0) is 0 Å². The smallest absolute Gasteiger partial charge is 0.438 e. The monoisotopic (exact) mass is 450 g/mol. The Balaban J connectivity index is 3.97. The van der Waals surface area contributed by atoms with E-state index in [0.29, 0.717) is 0 Å². The molecule has 0 atom stereocenters. The van der Waals surface area contributed by atoms with Crippen LogP contribution in [0.5, 0.6) is 0 Å². The highest BCUT2D eigenvalue weighted by atomic mass is 32.2. The van der Waals surface area contributed by atoms with Gasteiger partial charge in [0.1, 0.15) is 26.4 Å². The molecule has 0 fully saturated rings. The molecule has 0 aromatic carbocycles. The average Bonchev–Trinajstić information content (AvgIpc) is 2.60. The first-order valence-electron chi connectivity index (χ1n) is 7.63. The maximum atomic E-state index is 11.6. The van der Waals surface area contributed by atoms with Crippen LogP contribution in [0.25, 0.3) is 0 Å². The molecule has 28 heavy (non-hydrogen) atoms. The normalized spacial score (nSPS) is 11.2. The molecule has 15 heteroatoms.